The first kappa shape index (κ1) is 13.3. The normalized spacial score (nSPS) is 33.3. The van der Waals surface area contributed by atoms with Crippen molar-refractivity contribution in [1.82, 2.24) is 5.32 Å². The summed E-state index contributed by atoms with van der Waals surface area (Å²) in [6, 6.07) is 6.96. The second-order valence-corrected chi connectivity index (χ2v) is 7.06. The van der Waals surface area contributed by atoms with Gasteiger partial charge in [0.1, 0.15) is 0 Å². The van der Waals surface area contributed by atoms with Crippen molar-refractivity contribution in [3.8, 4) is 0 Å². The number of benzene rings is 1. The van der Waals surface area contributed by atoms with Crippen molar-refractivity contribution in [2.45, 2.75) is 51.1 Å². The van der Waals surface area contributed by atoms with Crippen LogP contribution in [0.4, 0.5) is 0 Å². The number of hydrogen-bond donors (Lipinski definition) is 2. The molecular weight excluding hydrogens is 262 g/mol. The van der Waals surface area contributed by atoms with E-state index in [0.717, 1.165) is 19.4 Å². The van der Waals surface area contributed by atoms with Gasteiger partial charge in [0.15, 0.2) is 0 Å². The zero-order chi connectivity index (χ0) is 14.4. The maximum absolute atomic E-state index is 11.5. The summed E-state index contributed by atoms with van der Waals surface area (Å²) >= 11 is 0. The molecule has 0 saturated heterocycles. The second-order valence-electron chi connectivity index (χ2n) is 7.06. The Balaban J connectivity index is 1.45. The molecule has 0 amide bonds. The maximum atomic E-state index is 11.5. The second kappa shape index (κ2) is 5.13. The molecule has 3 heteroatoms. The lowest BCUT2D eigenvalue weighted by Crippen LogP contribution is -2.43. The van der Waals surface area contributed by atoms with Gasteiger partial charge < -0.3 is 10.4 Å². The van der Waals surface area contributed by atoms with Crippen LogP contribution in [0, 0.1) is 17.8 Å². The molecular formula is C18H23NO2. The molecule has 0 heterocycles. The Hall–Kier alpha value is -1.35. The average molecular weight is 285 g/mol. The summed E-state index contributed by atoms with van der Waals surface area (Å²) in [5, 5.41) is 13.1. The average Bonchev–Trinajstić information content (AvgIpc) is 3.18. The summed E-state index contributed by atoms with van der Waals surface area (Å²) in [7, 11) is 0. The van der Waals surface area contributed by atoms with Crippen molar-refractivity contribution >= 4 is 5.97 Å². The summed E-state index contributed by atoms with van der Waals surface area (Å²) in [4.78, 5) is 11.5. The minimum Gasteiger partial charge on any atom is -0.481 e. The number of carboxylic acid groups (broad SMARTS) is 1. The van der Waals surface area contributed by atoms with E-state index in [4.69, 9.17) is 0 Å². The quantitative estimate of drug-likeness (QED) is 0.894. The minimum atomic E-state index is -0.603. The molecule has 4 atom stereocenters. The van der Waals surface area contributed by atoms with Crippen LogP contribution in [0.5, 0.6) is 0 Å². The molecule has 2 N–H and O–H groups in total. The van der Waals surface area contributed by atoms with E-state index in [1.54, 1.807) is 0 Å². The van der Waals surface area contributed by atoms with Crippen LogP contribution in [-0.2, 0) is 24.2 Å². The minimum absolute atomic E-state index is 0.168. The van der Waals surface area contributed by atoms with Crippen LogP contribution in [0.2, 0.25) is 0 Å². The van der Waals surface area contributed by atoms with Gasteiger partial charge in [0.05, 0.1) is 5.92 Å². The molecule has 0 aliphatic heterocycles. The Labute approximate surface area is 125 Å². The molecule has 0 radical (unpaired) electrons. The lowest BCUT2D eigenvalue weighted by atomic mass is 9.84. The third-order valence-electron chi connectivity index (χ3n) is 5.91. The van der Waals surface area contributed by atoms with E-state index in [1.807, 2.05) is 0 Å². The molecule has 21 heavy (non-hydrogen) atoms. The van der Waals surface area contributed by atoms with E-state index in [2.05, 4.69) is 23.5 Å². The first-order valence-electron chi connectivity index (χ1n) is 8.29. The van der Waals surface area contributed by atoms with Crippen LogP contribution in [0.1, 0.15) is 42.4 Å². The Morgan fingerprint density at radius 3 is 2.86 bits per heavy atom. The Morgan fingerprint density at radius 2 is 2.00 bits per heavy atom. The first-order chi connectivity index (χ1) is 10.2. The molecule has 1 aromatic rings. The molecule has 0 aromatic heterocycles. The zero-order valence-electron chi connectivity index (χ0n) is 12.3. The molecule has 0 spiro atoms. The Bertz CT molecular complexity index is 568. The molecule has 1 aromatic carbocycles. The molecule has 3 aliphatic rings. The Morgan fingerprint density at radius 1 is 1.19 bits per heavy atom. The van der Waals surface area contributed by atoms with E-state index in [0.29, 0.717) is 11.8 Å². The van der Waals surface area contributed by atoms with Crippen molar-refractivity contribution in [2.24, 2.45) is 17.8 Å². The van der Waals surface area contributed by atoms with Gasteiger partial charge in [-0.05, 0) is 67.1 Å². The fourth-order valence-electron chi connectivity index (χ4n) is 4.91. The number of rotatable bonds is 4. The van der Waals surface area contributed by atoms with Gasteiger partial charge in [-0.2, -0.15) is 0 Å². The van der Waals surface area contributed by atoms with Crippen molar-refractivity contribution < 1.29 is 9.90 Å². The fraction of sp³-hybridized carbons (Fsp3) is 0.611. The van der Waals surface area contributed by atoms with Crippen LogP contribution in [0.25, 0.3) is 0 Å². The summed E-state index contributed by atoms with van der Waals surface area (Å²) in [5.41, 5.74) is 4.31. The summed E-state index contributed by atoms with van der Waals surface area (Å²) in [6.07, 6.45) is 7.12. The fourth-order valence-corrected chi connectivity index (χ4v) is 4.91. The van der Waals surface area contributed by atoms with E-state index < -0.39 is 5.97 Å². The number of nitrogens with one attached hydrogen (secondary N) is 1. The zero-order valence-corrected chi connectivity index (χ0v) is 12.3. The van der Waals surface area contributed by atoms with E-state index in [-0.39, 0.29) is 12.0 Å². The van der Waals surface area contributed by atoms with Crippen molar-refractivity contribution in [1.29, 1.82) is 0 Å². The molecule has 3 aliphatic carbocycles. The highest BCUT2D eigenvalue weighted by molar-refractivity contribution is 5.72. The summed E-state index contributed by atoms with van der Waals surface area (Å²) in [6.45, 7) is 0.810. The van der Waals surface area contributed by atoms with Gasteiger partial charge in [0.25, 0.3) is 0 Å². The van der Waals surface area contributed by atoms with Gasteiger partial charge in [0, 0.05) is 12.6 Å². The molecule has 2 fully saturated rings. The number of aliphatic carboxylic acids is 1. The lowest BCUT2D eigenvalue weighted by Gasteiger charge is -2.29. The van der Waals surface area contributed by atoms with Crippen molar-refractivity contribution in [3.05, 3.63) is 34.9 Å². The SMILES string of the molecule is O=C(O)C1C2CCC(C2)C1NCc1ccc2c(c1)CCC2. The summed E-state index contributed by atoms with van der Waals surface area (Å²) < 4.78 is 0. The molecule has 4 rings (SSSR count). The number of aryl methyl sites for hydroxylation is 2. The largest absolute Gasteiger partial charge is 0.481 e. The monoisotopic (exact) mass is 285 g/mol. The van der Waals surface area contributed by atoms with Crippen LogP contribution in [-0.4, -0.2) is 17.1 Å². The highest BCUT2D eigenvalue weighted by atomic mass is 16.4. The van der Waals surface area contributed by atoms with Gasteiger partial charge in [-0.15, -0.1) is 0 Å². The highest BCUT2D eigenvalue weighted by Crippen LogP contribution is 2.48. The van der Waals surface area contributed by atoms with Gasteiger partial charge in [-0.25, -0.2) is 0 Å². The van der Waals surface area contributed by atoms with Crippen LogP contribution >= 0.6 is 0 Å². The van der Waals surface area contributed by atoms with E-state index in [1.165, 1.54) is 42.4 Å². The van der Waals surface area contributed by atoms with Gasteiger partial charge in [-0.3, -0.25) is 4.79 Å². The highest BCUT2D eigenvalue weighted by Gasteiger charge is 2.50. The molecule has 4 unspecified atom stereocenters. The van der Waals surface area contributed by atoms with E-state index in [9.17, 15) is 9.90 Å². The van der Waals surface area contributed by atoms with Crippen LogP contribution < -0.4 is 5.32 Å². The smallest absolute Gasteiger partial charge is 0.308 e. The number of carbonyl (C=O) groups is 1. The molecule has 2 saturated carbocycles. The third-order valence-corrected chi connectivity index (χ3v) is 5.91. The molecule has 3 nitrogen and oxygen atoms in total. The van der Waals surface area contributed by atoms with Gasteiger partial charge in [-0.1, -0.05) is 18.2 Å². The number of carboxylic acids is 1. The number of fused-ring (bicyclic) bond motifs is 3. The summed E-state index contributed by atoms with van der Waals surface area (Å²) in [5.74, 6) is 0.211. The maximum Gasteiger partial charge on any atom is 0.308 e. The van der Waals surface area contributed by atoms with Crippen molar-refractivity contribution in [3.63, 3.8) is 0 Å². The Kier molecular flexibility index (Phi) is 3.26. The van der Waals surface area contributed by atoms with Crippen LogP contribution in [0.15, 0.2) is 18.2 Å². The molecule has 2 bridgehead atoms. The number of hydrogen-bond acceptors (Lipinski definition) is 2. The van der Waals surface area contributed by atoms with Gasteiger partial charge in [0.2, 0.25) is 0 Å². The lowest BCUT2D eigenvalue weighted by molar-refractivity contribution is -0.144. The predicted octanol–water partition coefficient (Wildman–Crippen LogP) is 2.76. The molecule has 112 valence electrons. The topological polar surface area (TPSA) is 49.3 Å². The van der Waals surface area contributed by atoms with E-state index >= 15 is 0 Å². The van der Waals surface area contributed by atoms with Gasteiger partial charge >= 0.3 is 5.97 Å². The first-order valence-corrected chi connectivity index (χ1v) is 8.29. The standard InChI is InChI=1S/C18H23NO2/c20-18(21)16-14-6-7-15(9-14)17(16)19-10-11-4-5-12-2-1-3-13(12)8-11/h4-5,8,14-17,19H,1-3,6-7,9-10H2,(H,20,21). The predicted molar refractivity (Wildman–Crippen MR) is 81.1 cm³/mol. The van der Waals surface area contributed by atoms with Crippen molar-refractivity contribution in [2.75, 3.05) is 0 Å². The third kappa shape index (κ3) is 2.28. The van der Waals surface area contributed by atoms with Crippen LogP contribution in [0.3, 0.4) is 0 Å².